The predicted molar refractivity (Wildman–Crippen MR) is 155 cm³/mol. The number of aromatic nitrogens is 2. The Kier molecular flexibility index (Phi) is 7.43. The zero-order chi connectivity index (χ0) is 27.8. The molecule has 0 saturated carbocycles. The molecule has 6 nitrogen and oxygen atoms in total. The number of hydrogen-bond donors (Lipinski definition) is 1. The van der Waals surface area contributed by atoms with Gasteiger partial charge in [-0.2, -0.15) is 0 Å². The molecule has 0 unspecified atom stereocenters. The lowest BCUT2D eigenvalue weighted by Gasteiger charge is -2.13. The third-order valence-corrected chi connectivity index (χ3v) is 7.48. The maximum atomic E-state index is 11.2. The summed E-state index contributed by atoms with van der Waals surface area (Å²) in [6.45, 7) is 6.36. The molecule has 2 aromatic heterocycles. The molecule has 2 heterocycles. The van der Waals surface area contributed by atoms with Crippen LogP contribution in [0.5, 0.6) is 5.75 Å². The average molecular weight is 563 g/mol. The Balaban J connectivity index is 1.43. The lowest BCUT2D eigenvalue weighted by molar-refractivity contribution is -0.136. The van der Waals surface area contributed by atoms with E-state index >= 15 is 0 Å². The number of hydrogen-bond acceptors (Lipinski definition) is 4. The van der Waals surface area contributed by atoms with Crippen molar-refractivity contribution >= 4 is 40.1 Å². The Morgan fingerprint density at radius 1 is 1.10 bits per heavy atom. The highest BCUT2D eigenvalue weighted by atomic mass is 35.5. The molecule has 0 saturated heterocycles. The molecule has 0 atom stereocenters. The lowest BCUT2D eigenvalue weighted by Crippen LogP contribution is -2.01. The van der Waals surface area contributed by atoms with Gasteiger partial charge in [-0.25, -0.2) is 0 Å². The Morgan fingerprint density at radius 3 is 2.51 bits per heavy atom. The van der Waals surface area contributed by atoms with Crippen LogP contribution < -0.4 is 4.74 Å². The molecule has 1 N–H and O–H groups in total. The molecule has 8 heteroatoms. The van der Waals surface area contributed by atoms with Crippen molar-refractivity contribution in [3.8, 4) is 28.1 Å². The lowest BCUT2D eigenvalue weighted by atomic mass is 9.98. The van der Waals surface area contributed by atoms with Gasteiger partial charge < -0.3 is 18.9 Å². The van der Waals surface area contributed by atoms with E-state index in [1.54, 1.807) is 18.2 Å². The van der Waals surface area contributed by atoms with E-state index in [1.807, 2.05) is 68.9 Å². The van der Waals surface area contributed by atoms with Gasteiger partial charge >= 0.3 is 5.97 Å². The molecule has 0 radical (unpaired) electrons. The fourth-order valence-corrected chi connectivity index (χ4v) is 5.56. The largest absolute Gasteiger partial charge is 0.489 e. The smallest absolute Gasteiger partial charge is 0.307 e. The first-order valence-corrected chi connectivity index (χ1v) is 13.4. The molecule has 200 valence electrons. The van der Waals surface area contributed by atoms with Crippen LogP contribution in [-0.4, -0.2) is 20.8 Å². The van der Waals surface area contributed by atoms with Crippen molar-refractivity contribution in [1.82, 2.24) is 9.72 Å². The molecule has 5 rings (SSSR count). The number of carbonyl (C=O) groups is 1. The van der Waals surface area contributed by atoms with Crippen molar-refractivity contribution < 1.29 is 19.2 Å². The van der Waals surface area contributed by atoms with Gasteiger partial charge in [-0.1, -0.05) is 66.5 Å². The first-order chi connectivity index (χ1) is 18.6. The van der Waals surface area contributed by atoms with Crippen LogP contribution in [0.3, 0.4) is 0 Å². The number of carboxylic acid groups (broad SMARTS) is 1. The second-order valence-electron chi connectivity index (χ2n) is 9.96. The number of ether oxygens (including phenoxy) is 1. The third-order valence-electron chi connectivity index (χ3n) is 6.85. The number of nitrogens with zero attached hydrogens (tertiary/aromatic N) is 2. The highest BCUT2D eigenvalue weighted by Gasteiger charge is 2.24. The summed E-state index contributed by atoms with van der Waals surface area (Å²) in [6, 6.07) is 17.4. The monoisotopic (exact) mass is 562 g/mol. The second-order valence-corrected chi connectivity index (χ2v) is 10.8. The van der Waals surface area contributed by atoms with E-state index in [4.69, 9.17) is 32.5 Å². The Bertz CT molecular complexity index is 1680. The van der Waals surface area contributed by atoms with Crippen LogP contribution in [0.15, 0.2) is 65.3 Å². The van der Waals surface area contributed by atoms with Crippen LogP contribution in [0, 0.1) is 6.92 Å². The average Bonchev–Trinajstić information content (AvgIpc) is 3.43. The van der Waals surface area contributed by atoms with Gasteiger partial charge in [0.2, 0.25) is 0 Å². The van der Waals surface area contributed by atoms with Crippen molar-refractivity contribution in [3.63, 3.8) is 0 Å². The molecule has 3 aromatic carbocycles. The SMILES string of the molecule is Cc1cc(OCc2c(-c3c(Cl)cccc3Cl)noc2C(C)C)ccc1-c1ccc2c(CC(=O)O)cn(C)c2c1. The van der Waals surface area contributed by atoms with Crippen molar-refractivity contribution in [2.45, 2.75) is 39.7 Å². The molecule has 39 heavy (non-hydrogen) atoms. The van der Waals surface area contributed by atoms with E-state index in [2.05, 4.69) is 11.2 Å². The number of halogens is 2. The van der Waals surface area contributed by atoms with E-state index in [0.717, 1.165) is 44.5 Å². The van der Waals surface area contributed by atoms with Gasteiger partial charge in [0.05, 0.1) is 22.0 Å². The van der Waals surface area contributed by atoms with E-state index in [1.165, 1.54) is 0 Å². The fourth-order valence-electron chi connectivity index (χ4n) is 4.98. The number of aryl methyl sites for hydroxylation is 2. The Labute approximate surface area is 236 Å². The molecule has 5 aromatic rings. The minimum Gasteiger partial charge on any atom is -0.489 e. The van der Waals surface area contributed by atoms with Gasteiger partial charge in [0.25, 0.3) is 0 Å². The first-order valence-electron chi connectivity index (χ1n) is 12.6. The van der Waals surface area contributed by atoms with Gasteiger partial charge in [0, 0.05) is 35.6 Å². The molecular formula is C31H28Cl2N2O4. The normalized spacial score (nSPS) is 11.5. The maximum absolute atomic E-state index is 11.2. The van der Waals surface area contributed by atoms with Crippen LogP contribution >= 0.6 is 23.2 Å². The molecule has 0 fully saturated rings. The molecule has 0 aliphatic rings. The van der Waals surface area contributed by atoms with Crippen LogP contribution in [0.25, 0.3) is 33.3 Å². The molecule has 0 bridgehead atoms. The summed E-state index contributed by atoms with van der Waals surface area (Å²) < 4.78 is 13.9. The van der Waals surface area contributed by atoms with Gasteiger partial charge in [-0.3, -0.25) is 4.79 Å². The van der Waals surface area contributed by atoms with Crippen molar-refractivity contribution in [2.24, 2.45) is 7.05 Å². The second kappa shape index (κ2) is 10.8. The zero-order valence-electron chi connectivity index (χ0n) is 22.1. The highest BCUT2D eigenvalue weighted by molar-refractivity contribution is 6.39. The summed E-state index contributed by atoms with van der Waals surface area (Å²) >= 11 is 12.9. The predicted octanol–water partition coefficient (Wildman–Crippen LogP) is 8.45. The number of carboxylic acids is 1. The quantitative estimate of drug-likeness (QED) is 0.205. The molecule has 0 aliphatic carbocycles. The summed E-state index contributed by atoms with van der Waals surface area (Å²) in [5.41, 5.74) is 6.99. The molecule has 0 amide bonds. The van der Waals surface area contributed by atoms with Gasteiger partial charge in [0.1, 0.15) is 23.8 Å². The van der Waals surface area contributed by atoms with Gasteiger partial charge in [0.15, 0.2) is 0 Å². The fraction of sp³-hybridized carbons (Fsp3) is 0.226. The Morgan fingerprint density at radius 2 is 1.85 bits per heavy atom. The number of benzene rings is 3. The highest BCUT2D eigenvalue weighted by Crippen LogP contribution is 2.39. The van der Waals surface area contributed by atoms with Crippen LogP contribution in [-0.2, 0) is 24.9 Å². The van der Waals surface area contributed by atoms with Crippen molar-refractivity contribution in [1.29, 1.82) is 0 Å². The summed E-state index contributed by atoms with van der Waals surface area (Å²) in [5, 5.41) is 15.5. The van der Waals surface area contributed by atoms with E-state index in [9.17, 15) is 9.90 Å². The van der Waals surface area contributed by atoms with E-state index < -0.39 is 5.97 Å². The third kappa shape index (κ3) is 5.27. The Hall–Kier alpha value is -3.74. The minimum atomic E-state index is -0.841. The molecule has 0 spiro atoms. The van der Waals surface area contributed by atoms with Crippen LogP contribution in [0.2, 0.25) is 10.0 Å². The maximum Gasteiger partial charge on any atom is 0.307 e. The van der Waals surface area contributed by atoms with Crippen molar-refractivity contribution in [3.05, 3.63) is 93.3 Å². The topological polar surface area (TPSA) is 77.5 Å². The summed E-state index contributed by atoms with van der Waals surface area (Å²) in [4.78, 5) is 11.2. The van der Waals surface area contributed by atoms with Gasteiger partial charge in [-0.15, -0.1) is 0 Å². The molecule has 0 aliphatic heterocycles. The number of fused-ring (bicyclic) bond motifs is 1. The minimum absolute atomic E-state index is 0.00312. The summed E-state index contributed by atoms with van der Waals surface area (Å²) in [7, 11) is 1.93. The van der Waals surface area contributed by atoms with Crippen molar-refractivity contribution in [2.75, 3.05) is 0 Å². The van der Waals surface area contributed by atoms with E-state index in [-0.39, 0.29) is 18.9 Å². The zero-order valence-corrected chi connectivity index (χ0v) is 23.6. The molecular weight excluding hydrogens is 535 g/mol. The van der Waals surface area contributed by atoms with E-state index in [0.29, 0.717) is 27.1 Å². The number of aliphatic carboxylic acids is 1. The standard InChI is InChI=1S/C31H28Cl2N2O4/c1-17(2)31-24(30(34-39-31)29-25(32)6-5-7-26(29)33)16-38-21-9-11-22(18(3)12-21)19-8-10-23-20(14-28(36)37)15-35(4)27(23)13-19/h5-13,15,17H,14,16H2,1-4H3,(H,36,37). The van der Waals surface area contributed by atoms with Gasteiger partial charge in [-0.05, 0) is 59.5 Å². The first kappa shape index (κ1) is 26.9. The number of rotatable bonds is 8. The summed E-state index contributed by atoms with van der Waals surface area (Å²) in [5.74, 6) is 0.699. The van der Waals surface area contributed by atoms with Crippen LogP contribution in [0.1, 0.15) is 42.2 Å². The van der Waals surface area contributed by atoms with Crippen LogP contribution in [0.4, 0.5) is 0 Å². The summed E-state index contributed by atoms with van der Waals surface area (Å²) in [6.07, 6.45) is 1.88.